The molecule has 0 spiro atoms. The third kappa shape index (κ3) is 3.07. The highest BCUT2D eigenvalue weighted by Gasteiger charge is 2.40. The van der Waals surface area contributed by atoms with Gasteiger partial charge in [-0.2, -0.15) is 5.10 Å². The molecule has 0 radical (unpaired) electrons. The third-order valence-electron chi connectivity index (χ3n) is 6.14. The van der Waals surface area contributed by atoms with Gasteiger partial charge < -0.3 is 0 Å². The number of hydrogen-bond acceptors (Lipinski definition) is 4. The summed E-state index contributed by atoms with van der Waals surface area (Å²) in [5, 5.41) is 8.93. The van der Waals surface area contributed by atoms with Crippen molar-refractivity contribution in [2.45, 2.75) is 37.8 Å². The van der Waals surface area contributed by atoms with Crippen molar-refractivity contribution in [3.63, 3.8) is 0 Å². The summed E-state index contributed by atoms with van der Waals surface area (Å²) in [5.41, 5.74) is 10.2. The van der Waals surface area contributed by atoms with Gasteiger partial charge in [0, 0.05) is 17.5 Å². The summed E-state index contributed by atoms with van der Waals surface area (Å²) in [6.07, 6.45) is 6.42. The van der Waals surface area contributed by atoms with E-state index in [0.717, 1.165) is 29.2 Å². The summed E-state index contributed by atoms with van der Waals surface area (Å²) >= 11 is 0. The molecule has 0 bridgehead atoms. The summed E-state index contributed by atoms with van der Waals surface area (Å²) in [6.45, 7) is 0. The molecule has 3 atom stereocenters. The first-order valence-electron chi connectivity index (χ1n) is 10.1. The van der Waals surface area contributed by atoms with E-state index >= 15 is 0 Å². The second kappa shape index (κ2) is 7.34. The van der Waals surface area contributed by atoms with Crippen LogP contribution in [0.3, 0.4) is 0 Å². The molecule has 3 aromatic carbocycles. The minimum absolute atomic E-state index is 0.0670. The van der Waals surface area contributed by atoms with E-state index in [2.05, 4.69) is 51.7 Å². The fraction of sp³-hybridized carbons (Fsp3) is 0.304. The highest BCUT2D eigenvalue weighted by atomic mass is 16.2. The van der Waals surface area contributed by atoms with Crippen LogP contribution in [-0.4, -0.2) is 24.2 Å². The summed E-state index contributed by atoms with van der Waals surface area (Å²) in [5.74, 6) is 0.282. The molecule has 3 aromatic rings. The van der Waals surface area contributed by atoms with Crippen LogP contribution in [0.25, 0.3) is 21.5 Å². The number of carbonyl (C=O) groups is 1. The number of nitrogens with one attached hydrogen (secondary N) is 3. The minimum Gasteiger partial charge on any atom is -0.271 e. The topological polar surface area (TPSA) is 65.5 Å². The maximum absolute atomic E-state index is 12.7. The zero-order valence-electron chi connectivity index (χ0n) is 15.7. The van der Waals surface area contributed by atoms with Gasteiger partial charge in [0.25, 0.3) is 5.91 Å². The molecule has 1 heterocycles. The molecule has 2 fully saturated rings. The maximum atomic E-state index is 12.7. The second-order valence-electron chi connectivity index (χ2n) is 7.79. The van der Waals surface area contributed by atoms with Gasteiger partial charge in [-0.15, -0.1) is 0 Å². The van der Waals surface area contributed by atoms with Crippen LogP contribution in [0.2, 0.25) is 0 Å². The van der Waals surface area contributed by atoms with E-state index in [1.54, 1.807) is 6.21 Å². The van der Waals surface area contributed by atoms with Crippen molar-refractivity contribution < 1.29 is 4.79 Å². The van der Waals surface area contributed by atoms with Crippen LogP contribution >= 0.6 is 0 Å². The van der Waals surface area contributed by atoms with Crippen LogP contribution in [-0.2, 0) is 4.79 Å². The van der Waals surface area contributed by atoms with E-state index in [9.17, 15) is 4.79 Å². The predicted octanol–water partition coefficient (Wildman–Crippen LogP) is 3.48. The number of hydrazine groups is 1. The van der Waals surface area contributed by atoms with Crippen LogP contribution in [0.4, 0.5) is 0 Å². The van der Waals surface area contributed by atoms with Crippen molar-refractivity contribution in [3.8, 4) is 0 Å². The monoisotopic (exact) mass is 372 g/mol. The second-order valence-corrected chi connectivity index (χ2v) is 7.79. The molecule has 2 aliphatic rings. The number of hydrogen-bond donors (Lipinski definition) is 3. The molecule has 5 nitrogen and oxygen atoms in total. The lowest BCUT2D eigenvalue weighted by Gasteiger charge is -2.26. The number of fused-ring (bicyclic) bond motifs is 3. The Balaban J connectivity index is 1.41. The van der Waals surface area contributed by atoms with Gasteiger partial charge in [0.15, 0.2) is 0 Å². The highest BCUT2D eigenvalue weighted by Crippen LogP contribution is 2.30. The van der Waals surface area contributed by atoms with Crippen molar-refractivity contribution in [1.82, 2.24) is 16.3 Å². The Bertz CT molecular complexity index is 1010. The number of nitrogens with zero attached hydrogens (tertiary/aromatic N) is 1. The molecule has 3 N–H and O–H groups in total. The van der Waals surface area contributed by atoms with E-state index in [1.165, 1.54) is 23.6 Å². The molecular weight excluding hydrogens is 348 g/mol. The van der Waals surface area contributed by atoms with Crippen LogP contribution in [0.15, 0.2) is 59.7 Å². The summed E-state index contributed by atoms with van der Waals surface area (Å²) in [4.78, 5) is 12.7. The molecule has 5 rings (SSSR count). The van der Waals surface area contributed by atoms with Crippen molar-refractivity contribution in [2.24, 2.45) is 11.0 Å². The fourth-order valence-corrected chi connectivity index (χ4v) is 4.72. The van der Waals surface area contributed by atoms with Gasteiger partial charge in [0.1, 0.15) is 6.04 Å². The molecule has 5 heteroatoms. The number of amides is 1. The van der Waals surface area contributed by atoms with Gasteiger partial charge in [-0.1, -0.05) is 61.4 Å². The SMILES string of the molecule is O=C(N/N=C\c1c2ccccc2cc2ccccc12)C1NNC2CCCCC21. The first-order chi connectivity index (χ1) is 13.8. The van der Waals surface area contributed by atoms with Crippen LogP contribution in [0.5, 0.6) is 0 Å². The summed E-state index contributed by atoms with van der Waals surface area (Å²) < 4.78 is 0. The lowest BCUT2D eigenvalue weighted by atomic mass is 9.81. The molecule has 142 valence electrons. The Kier molecular flexibility index (Phi) is 4.55. The van der Waals surface area contributed by atoms with Crippen molar-refractivity contribution in [2.75, 3.05) is 0 Å². The van der Waals surface area contributed by atoms with Crippen molar-refractivity contribution in [3.05, 3.63) is 60.2 Å². The third-order valence-corrected chi connectivity index (χ3v) is 6.14. The normalized spacial score (nSPS) is 24.6. The van der Waals surface area contributed by atoms with E-state index in [4.69, 9.17) is 0 Å². The maximum Gasteiger partial charge on any atom is 0.258 e. The Morgan fingerprint density at radius 2 is 1.64 bits per heavy atom. The molecule has 1 amide bonds. The molecule has 1 saturated carbocycles. The Morgan fingerprint density at radius 3 is 2.39 bits per heavy atom. The smallest absolute Gasteiger partial charge is 0.258 e. The van der Waals surface area contributed by atoms with Crippen LogP contribution in [0, 0.1) is 5.92 Å². The zero-order valence-corrected chi connectivity index (χ0v) is 15.7. The van der Waals surface area contributed by atoms with Crippen molar-refractivity contribution >= 4 is 33.7 Å². The molecule has 1 saturated heterocycles. The first-order valence-corrected chi connectivity index (χ1v) is 10.1. The average Bonchev–Trinajstić information content (AvgIpc) is 3.17. The summed E-state index contributed by atoms with van der Waals surface area (Å²) in [7, 11) is 0. The van der Waals surface area contributed by atoms with Crippen LogP contribution < -0.4 is 16.3 Å². The van der Waals surface area contributed by atoms with E-state index in [1.807, 2.05) is 24.3 Å². The largest absolute Gasteiger partial charge is 0.271 e. The zero-order chi connectivity index (χ0) is 18.9. The average molecular weight is 372 g/mol. The van der Waals surface area contributed by atoms with Gasteiger partial charge in [-0.3, -0.25) is 10.2 Å². The first kappa shape index (κ1) is 17.3. The fourth-order valence-electron chi connectivity index (χ4n) is 4.72. The van der Waals surface area contributed by atoms with Gasteiger partial charge in [-0.05, 0) is 40.5 Å². The van der Waals surface area contributed by atoms with E-state index < -0.39 is 0 Å². The lowest BCUT2D eigenvalue weighted by Crippen LogP contribution is -2.44. The number of hydrazone groups is 1. The molecule has 0 aromatic heterocycles. The Hall–Kier alpha value is -2.76. The summed E-state index contributed by atoms with van der Waals surface area (Å²) in [6, 6.07) is 18.9. The molecule has 1 aliphatic carbocycles. The van der Waals surface area contributed by atoms with Crippen molar-refractivity contribution in [1.29, 1.82) is 0 Å². The number of benzene rings is 3. The predicted molar refractivity (Wildman–Crippen MR) is 113 cm³/mol. The Labute approximate surface area is 164 Å². The van der Waals surface area contributed by atoms with Gasteiger partial charge in [0.05, 0.1) is 6.21 Å². The lowest BCUT2D eigenvalue weighted by molar-refractivity contribution is -0.123. The Morgan fingerprint density at radius 1 is 0.964 bits per heavy atom. The minimum atomic E-state index is -0.216. The van der Waals surface area contributed by atoms with Gasteiger partial charge >= 0.3 is 0 Å². The quantitative estimate of drug-likeness (QED) is 0.375. The molecule has 28 heavy (non-hydrogen) atoms. The standard InChI is InChI=1S/C23H24N4O/c28-23(22-19-11-5-6-12-21(19)25-26-22)27-24-14-20-17-9-3-1-7-15(17)13-16-8-2-4-10-18(16)20/h1-4,7-10,13-14,19,21-22,25-26H,5-6,11-12H2,(H,27,28)/b24-14-. The molecule has 3 unspecified atom stereocenters. The molecular formula is C23H24N4O. The molecule has 1 aliphatic heterocycles. The van der Waals surface area contributed by atoms with Gasteiger partial charge in [0.2, 0.25) is 0 Å². The van der Waals surface area contributed by atoms with E-state index in [-0.39, 0.29) is 11.9 Å². The van der Waals surface area contributed by atoms with Crippen LogP contribution in [0.1, 0.15) is 31.2 Å². The number of carbonyl (C=O) groups excluding carboxylic acids is 1. The number of rotatable bonds is 3. The van der Waals surface area contributed by atoms with E-state index in [0.29, 0.717) is 12.0 Å². The highest BCUT2D eigenvalue weighted by molar-refractivity contribution is 6.13. The van der Waals surface area contributed by atoms with Gasteiger partial charge in [-0.25, -0.2) is 10.9 Å².